The van der Waals surface area contributed by atoms with Crippen LogP contribution in [0.5, 0.6) is 0 Å². The van der Waals surface area contributed by atoms with Gasteiger partial charge in [-0.15, -0.1) is 0 Å². The molecule has 0 spiro atoms. The predicted molar refractivity (Wildman–Crippen MR) is 135 cm³/mol. The molecule has 0 aromatic carbocycles. The van der Waals surface area contributed by atoms with E-state index < -0.39 is 66.2 Å². The minimum atomic E-state index is -1.77. The van der Waals surface area contributed by atoms with Gasteiger partial charge in [-0.2, -0.15) is 0 Å². The van der Waals surface area contributed by atoms with Crippen LogP contribution in [0.3, 0.4) is 0 Å². The maximum Gasteiger partial charge on any atom is 0.326 e. The summed E-state index contributed by atoms with van der Waals surface area (Å²) in [5.41, 5.74) is 27.0. The number of carboxylic acids is 2. The van der Waals surface area contributed by atoms with Gasteiger partial charge < -0.3 is 54.8 Å². The van der Waals surface area contributed by atoms with Gasteiger partial charge in [-0.25, -0.2) is 4.79 Å². The van der Waals surface area contributed by atoms with Gasteiger partial charge in [-0.05, 0) is 38.6 Å². The molecule has 0 aliphatic heterocycles. The lowest BCUT2D eigenvalue weighted by molar-refractivity contribution is -0.147. The van der Waals surface area contributed by atoms with Crippen molar-refractivity contribution in [3.05, 3.63) is 0 Å². The molecule has 17 nitrogen and oxygen atoms in total. The number of rotatable bonds is 20. The standard InChI is InChI=1S/C21H39N9O8/c22-8-2-1-4-11(23)17(34)28-13(6-7-15(24)31)19(36)29-12(5-3-9-27-21(25)26)18(35)30-14(20(37)38)10-16(32)33/h11-14H,1-10,22-23H2,(H2,24,31)(H,28,34)(H,29,36)(H,30,35)(H,32,33)(H,37,38)(H4,25,26,27). The number of amides is 4. The van der Waals surface area contributed by atoms with Gasteiger partial charge in [0.25, 0.3) is 0 Å². The molecule has 38 heavy (non-hydrogen) atoms. The van der Waals surface area contributed by atoms with Crippen LogP contribution in [-0.2, 0) is 28.8 Å². The monoisotopic (exact) mass is 545 g/mol. The topological polar surface area (TPSA) is 321 Å². The van der Waals surface area contributed by atoms with E-state index in [1.54, 1.807) is 0 Å². The van der Waals surface area contributed by atoms with Crippen LogP contribution in [-0.4, -0.2) is 89.0 Å². The largest absolute Gasteiger partial charge is 0.481 e. The number of nitrogens with two attached hydrogens (primary N) is 5. The van der Waals surface area contributed by atoms with Crippen molar-refractivity contribution in [2.24, 2.45) is 33.7 Å². The number of guanidine groups is 1. The Balaban J connectivity index is 5.67. The molecule has 0 radical (unpaired) electrons. The first-order valence-electron chi connectivity index (χ1n) is 11.9. The Morgan fingerprint density at radius 2 is 1.29 bits per heavy atom. The van der Waals surface area contributed by atoms with Gasteiger partial charge in [0.15, 0.2) is 5.96 Å². The van der Waals surface area contributed by atoms with Gasteiger partial charge in [0, 0.05) is 13.0 Å². The van der Waals surface area contributed by atoms with E-state index in [9.17, 15) is 33.9 Å². The maximum atomic E-state index is 13.0. The Bertz CT molecular complexity index is 864. The number of carbonyl (C=O) groups is 6. The summed E-state index contributed by atoms with van der Waals surface area (Å²) in [5, 5.41) is 25.0. The van der Waals surface area contributed by atoms with Crippen LogP contribution in [0.25, 0.3) is 0 Å². The van der Waals surface area contributed by atoms with Crippen molar-refractivity contribution in [1.29, 1.82) is 0 Å². The highest BCUT2D eigenvalue weighted by molar-refractivity contribution is 5.94. The number of hydrogen-bond donors (Lipinski definition) is 10. The zero-order valence-corrected chi connectivity index (χ0v) is 21.1. The van der Waals surface area contributed by atoms with Crippen molar-refractivity contribution in [2.75, 3.05) is 13.1 Å². The minimum Gasteiger partial charge on any atom is -0.481 e. The van der Waals surface area contributed by atoms with E-state index in [0.29, 0.717) is 25.8 Å². The molecule has 0 saturated carbocycles. The van der Waals surface area contributed by atoms with Gasteiger partial charge in [-0.3, -0.25) is 29.0 Å². The maximum absolute atomic E-state index is 13.0. The second-order valence-corrected chi connectivity index (χ2v) is 8.46. The summed E-state index contributed by atoms with van der Waals surface area (Å²) >= 11 is 0. The lowest BCUT2D eigenvalue weighted by Crippen LogP contribution is -2.57. The van der Waals surface area contributed by atoms with Gasteiger partial charge in [-0.1, -0.05) is 6.42 Å². The van der Waals surface area contributed by atoms with Crippen molar-refractivity contribution in [3.8, 4) is 0 Å². The molecule has 17 heteroatoms. The number of hydrogen-bond acceptors (Lipinski definition) is 9. The average molecular weight is 546 g/mol. The molecular weight excluding hydrogens is 506 g/mol. The highest BCUT2D eigenvalue weighted by Gasteiger charge is 2.31. The van der Waals surface area contributed by atoms with Crippen molar-refractivity contribution >= 4 is 41.5 Å². The van der Waals surface area contributed by atoms with Crippen LogP contribution >= 0.6 is 0 Å². The first kappa shape index (κ1) is 34.0. The summed E-state index contributed by atoms with van der Waals surface area (Å²) in [5.74, 6) is -6.55. The SMILES string of the molecule is NCCCCC(N)C(=O)NC(CCC(N)=O)C(=O)NC(CCCN=C(N)N)C(=O)NC(CC(=O)O)C(=O)O. The molecule has 4 unspecified atom stereocenters. The minimum absolute atomic E-state index is 0.0684. The van der Waals surface area contributed by atoms with Crippen LogP contribution in [0.2, 0.25) is 0 Å². The van der Waals surface area contributed by atoms with Gasteiger partial charge >= 0.3 is 11.9 Å². The van der Waals surface area contributed by atoms with E-state index >= 15 is 0 Å². The van der Waals surface area contributed by atoms with Crippen molar-refractivity contribution < 1.29 is 39.0 Å². The first-order chi connectivity index (χ1) is 17.8. The zero-order valence-electron chi connectivity index (χ0n) is 21.1. The number of carbonyl (C=O) groups excluding carboxylic acids is 4. The molecule has 4 atom stereocenters. The normalized spacial score (nSPS) is 13.7. The van der Waals surface area contributed by atoms with Crippen LogP contribution < -0.4 is 44.6 Å². The molecule has 0 aliphatic carbocycles. The third-order valence-electron chi connectivity index (χ3n) is 5.19. The zero-order chi connectivity index (χ0) is 29.3. The van der Waals surface area contributed by atoms with Gasteiger partial charge in [0.05, 0.1) is 12.5 Å². The predicted octanol–water partition coefficient (Wildman–Crippen LogP) is -4.22. The summed E-state index contributed by atoms with van der Waals surface area (Å²) in [6.07, 6.45) is 0.201. The molecule has 0 aromatic rings. The molecule has 0 aliphatic rings. The summed E-state index contributed by atoms with van der Waals surface area (Å²) in [4.78, 5) is 75.7. The molecule has 216 valence electrons. The molecule has 15 N–H and O–H groups in total. The fourth-order valence-electron chi connectivity index (χ4n) is 3.17. The Morgan fingerprint density at radius 1 is 0.737 bits per heavy atom. The van der Waals surface area contributed by atoms with Crippen molar-refractivity contribution in [2.45, 2.75) is 75.5 Å². The summed E-state index contributed by atoms with van der Waals surface area (Å²) in [6, 6.07) is -5.40. The lowest BCUT2D eigenvalue weighted by Gasteiger charge is -2.25. The summed E-state index contributed by atoms with van der Waals surface area (Å²) < 4.78 is 0. The first-order valence-corrected chi connectivity index (χ1v) is 11.9. The molecule has 0 rings (SSSR count). The molecule has 0 heterocycles. The number of nitrogens with one attached hydrogen (secondary N) is 3. The Hall–Kier alpha value is -3.99. The molecule has 0 saturated heterocycles. The highest BCUT2D eigenvalue weighted by Crippen LogP contribution is 2.06. The second-order valence-electron chi connectivity index (χ2n) is 8.46. The van der Waals surface area contributed by atoms with Gasteiger partial charge in [0.1, 0.15) is 18.1 Å². The van der Waals surface area contributed by atoms with E-state index in [1.165, 1.54) is 0 Å². The van der Waals surface area contributed by atoms with Crippen LogP contribution in [0.1, 0.15) is 51.4 Å². The second kappa shape index (κ2) is 18.3. The number of carboxylic acid groups (broad SMARTS) is 2. The third kappa shape index (κ3) is 15.2. The third-order valence-corrected chi connectivity index (χ3v) is 5.19. The molecule has 0 fully saturated rings. The number of nitrogens with zero attached hydrogens (tertiary/aromatic N) is 1. The fraction of sp³-hybridized carbons (Fsp3) is 0.667. The molecular formula is C21H39N9O8. The molecule has 0 aromatic heterocycles. The van der Waals surface area contributed by atoms with Crippen LogP contribution in [0.15, 0.2) is 4.99 Å². The Labute approximate surface area is 219 Å². The van der Waals surface area contributed by atoms with E-state index in [2.05, 4.69) is 20.9 Å². The van der Waals surface area contributed by atoms with Crippen molar-refractivity contribution in [1.82, 2.24) is 16.0 Å². The van der Waals surface area contributed by atoms with E-state index in [1.807, 2.05) is 0 Å². The fourth-order valence-corrected chi connectivity index (χ4v) is 3.17. The van der Waals surface area contributed by atoms with E-state index in [4.69, 9.17) is 33.8 Å². The highest BCUT2D eigenvalue weighted by atomic mass is 16.4. The van der Waals surface area contributed by atoms with E-state index in [-0.39, 0.29) is 38.2 Å². The van der Waals surface area contributed by atoms with E-state index in [0.717, 1.165) is 0 Å². The van der Waals surface area contributed by atoms with Crippen molar-refractivity contribution in [3.63, 3.8) is 0 Å². The lowest BCUT2D eigenvalue weighted by atomic mass is 10.0. The summed E-state index contributed by atoms with van der Waals surface area (Å²) in [7, 11) is 0. The smallest absolute Gasteiger partial charge is 0.326 e. The Morgan fingerprint density at radius 3 is 1.79 bits per heavy atom. The molecule has 4 amide bonds. The number of primary amides is 1. The van der Waals surface area contributed by atoms with Gasteiger partial charge in [0.2, 0.25) is 23.6 Å². The van der Waals surface area contributed by atoms with Crippen LogP contribution in [0, 0.1) is 0 Å². The molecule has 0 bridgehead atoms. The van der Waals surface area contributed by atoms with Crippen LogP contribution in [0.4, 0.5) is 0 Å². The number of aliphatic imine (C=N–C) groups is 1. The summed E-state index contributed by atoms with van der Waals surface area (Å²) in [6.45, 7) is 0.485. The number of unbranched alkanes of at least 4 members (excludes halogenated alkanes) is 1. The quantitative estimate of drug-likeness (QED) is 0.0395. The Kier molecular flexibility index (Phi) is 16.4. The number of aliphatic carboxylic acids is 2. The average Bonchev–Trinajstić information content (AvgIpc) is 2.82.